The van der Waals surface area contributed by atoms with Gasteiger partial charge in [-0.15, -0.1) is 0 Å². The van der Waals surface area contributed by atoms with Gasteiger partial charge in [0.15, 0.2) is 0 Å². The average Bonchev–Trinajstić information content (AvgIpc) is 2.76. The van der Waals surface area contributed by atoms with Crippen LogP contribution in [0.3, 0.4) is 0 Å². The zero-order valence-corrected chi connectivity index (χ0v) is 12.3. The number of nitrogens with two attached hydrogens (primary N) is 1. The number of rotatable bonds is 2. The molecule has 2 radical (unpaired) electrons. The SMILES string of the molecule is [B]c1ccc(F)cc1-c1c([C@@H](C)N)cnn1C(C)(C)C. The second-order valence-corrected chi connectivity index (χ2v) is 6.05. The molecule has 2 rings (SSSR count). The fraction of sp³-hybridized carbons (Fsp3) is 0.400. The van der Waals surface area contributed by atoms with Crippen molar-refractivity contribution < 1.29 is 4.39 Å². The largest absolute Gasteiger partial charge is 0.324 e. The van der Waals surface area contributed by atoms with E-state index in [1.165, 1.54) is 12.1 Å². The van der Waals surface area contributed by atoms with E-state index < -0.39 is 0 Å². The Morgan fingerprint density at radius 1 is 1.35 bits per heavy atom. The van der Waals surface area contributed by atoms with Crippen molar-refractivity contribution in [1.82, 2.24) is 9.78 Å². The predicted octanol–water partition coefficient (Wildman–Crippen LogP) is 2.26. The van der Waals surface area contributed by atoms with Gasteiger partial charge < -0.3 is 5.73 Å². The van der Waals surface area contributed by atoms with E-state index in [-0.39, 0.29) is 17.4 Å². The van der Waals surface area contributed by atoms with Crippen LogP contribution in [0.4, 0.5) is 4.39 Å². The first-order valence-corrected chi connectivity index (χ1v) is 6.61. The first kappa shape index (κ1) is 14.8. The Hall–Kier alpha value is -1.62. The van der Waals surface area contributed by atoms with E-state index in [0.717, 1.165) is 11.3 Å². The van der Waals surface area contributed by atoms with Gasteiger partial charge in [0.25, 0.3) is 0 Å². The molecule has 1 heterocycles. The summed E-state index contributed by atoms with van der Waals surface area (Å²) in [6.45, 7) is 7.97. The zero-order chi connectivity index (χ0) is 15.1. The smallest absolute Gasteiger partial charge is 0.123 e. The summed E-state index contributed by atoms with van der Waals surface area (Å²) in [6.07, 6.45) is 1.73. The van der Waals surface area contributed by atoms with Crippen LogP contribution in [-0.4, -0.2) is 17.6 Å². The number of nitrogens with zero attached hydrogens (tertiary/aromatic N) is 2. The first-order valence-electron chi connectivity index (χ1n) is 6.61. The van der Waals surface area contributed by atoms with Gasteiger partial charge >= 0.3 is 0 Å². The fourth-order valence-electron chi connectivity index (χ4n) is 2.21. The molecular formula is C15H19BFN3. The summed E-state index contributed by atoms with van der Waals surface area (Å²) in [5.74, 6) is -0.327. The second kappa shape index (κ2) is 5.06. The van der Waals surface area contributed by atoms with Crippen LogP contribution < -0.4 is 11.2 Å². The Morgan fingerprint density at radius 2 is 2.00 bits per heavy atom. The van der Waals surface area contributed by atoms with Crippen molar-refractivity contribution >= 4 is 13.3 Å². The first-order chi connectivity index (χ1) is 9.21. The molecule has 0 amide bonds. The topological polar surface area (TPSA) is 43.8 Å². The summed E-state index contributed by atoms with van der Waals surface area (Å²) in [6, 6.07) is 4.14. The van der Waals surface area contributed by atoms with Crippen LogP contribution in [0.15, 0.2) is 24.4 Å². The molecule has 0 bridgehead atoms. The highest BCUT2D eigenvalue weighted by molar-refractivity contribution is 6.35. The van der Waals surface area contributed by atoms with Gasteiger partial charge in [0.05, 0.1) is 17.4 Å². The molecule has 20 heavy (non-hydrogen) atoms. The molecule has 0 saturated carbocycles. The van der Waals surface area contributed by atoms with Crippen LogP contribution in [-0.2, 0) is 5.54 Å². The molecule has 1 atom stereocenters. The van der Waals surface area contributed by atoms with Crippen LogP contribution in [0.2, 0.25) is 0 Å². The van der Waals surface area contributed by atoms with E-state index in [0.29, 0.717) is 11.0 Å². The maximum Gasteiger partial charge on any atom is 0.123 e. The molecular weight excluding hydrogens is 252 g/mol. The van der Waals surface area contributed by atoms with Gasteiger partial charge in [-0.05, 0) is 45.4 Å². The molecule has 1 aromatic carbocycles. The number of hydrogen-bond acceptors (Lipinski definition) is 2. The summed E-state index contributed by atoms with van der Waals surface area (Å²) in [7, 11) is 6.01. The van der Waals surface area contributed by atoms with E-state index in [1.54, 1.807) is 12.3 Å². The molecule has 0 spiro atoms. The molecule has 3 nitrogen and oxygen atoms in total. The maximum atomic E-state index is 13.6. The van der Waals surface area contributed by atoms with Crippen molar-refractivity contribution in [3.05, 3.63) is 35.8 Å². The maximum absolute atomic E-state index is 13.6. The van der Waals surface area contributed by atoms with E-state index in [1.807, 2.05) is 32.4 Å². The molecule has 0 fully saturated rings. The molecule has 2 aromatic rings. The number of halogens is 1. The number of benzene rings is 1. The third-order valence-corrected chi connectivity index (χ3v) is 3.19. The predicted molar refractivity (Wildman–Crippen MR) is 80.6 cm³/mol. The minimum atomic E-state index is -0.327. The molecule has 2 N–H and O–H groups in total. The fourth-order valence-corrected chi connectivity index (χ4v) is 2.21. The Balaban J connectivity index is 2.76. The minimum absolute atomic E-state index is 0.205. The third-order valence-electron chi connectivity index (χ3n) is 3.19. The van der Waals surface area contributed by atoms with Crippen LogP contribution in [0.25, 0.3) is 11.3 Å². The van der Waals surface area contributed by atoms with Gasteiger partial charge in [0.1, 0.15) is 13.7 Å². The standard InChI is InChI=1S/C15H19BFN3/c1-9(18)12-8-19-20(15(2,3)4)14(12)11-7-10(17)5-6-13(11)16/h5-9H,18H2,1-4H3/t9-/m1/s1. The summed E-state index contributed by atoms with van der Waals surface area (Å²) in [5, 5.41) is 4.41. The average molecular weight is 271 g/mol. The van der Waals surface area contributed by atoms with Gasteiger partial charge in [0.2, 0.25) is 0 Å². The molecule has 0 aliphatic heterocycles. The van der Waals surface area contributed by atoms with Gasteiger partial charge in [0, 0.05) is 11.6 Å². The molecule has 0 saturated heterocycles. The summed E-state index contributed by atoms with van der Waals surface area (Å²) >= 11 is 0. The van der Waals surface area contributed by atoms with E-state index >= 15 is 0 Å². The molecule has 0 aliphatic carbocycles. The molecule has 0 aliphatic rings. The minimum Gasteiger partial charge on any atom is -0.324 e. The lowest BCUT2D eigenvalue weighted by Crippen LogP contribution is -2.26. The Kier molecular flexibility index (Phi) is 3.74. The quantitative estimate of drug-likeness (QED) is 0.851. The lowest BCUT2D eigenvalue weighted by atomic mass is 9.87. The highest BCUT2D eigenvalue weighted by Gasteiger charge is 2.24. The highest BCUT2D eigenvalue weighted by Crippen LogP contribution is 2.30. The third kappa shape index (κ3) is 2.63. The normalized spacial score (nSPS) is 13.5. The van der Waals surface area contributed by atoms with Crippen LogP contribution >= 0.6 is 0 Å². The summed E-state index contributed by atoms with van der Waals surface area (Å²) in [5.41, 5.74) is 8.54. The van der Waals surface area contributed by atoms with Crippen LogP contribution in [0, 0.1) is 5.82 Å². The second-order valence-electron chi connectivity index (χ2n) is 6.05. The van der Waals surface area contributed by atoms with E-state index in [4.69, 9.17) is 13.6 Å². The molecule has 1 aromatic heterocycles. The van der Waals surface area contributed by atoms with Crippen molar-refractivity contribution in [1.29, 1.82) is 0 Å². The monoisotopic (exact) mass is 271 g/mol. The zero-order valence-electron chi connectivity index (χ0n) is 12.3. The van der Waals surface area contributed by atoms with E-state index in [2.05, 4.69) is 5.10 Å². The van der Waals surface area contributed by atoms with Crippen molar-refractivity contribution in [3.63, 3.8) is 0 Å². The van der Waals surface area contributed by atoms with Crippen molar-refractivity contribution in [2.75, 3.05) is 0 Å². The van der Waals surface area contributed by atoms with Gasteiger partial charge in [-0.25, -0.2) is 4.39 Å². The lowest BCUT2D eigenvalue weighted by molar-refractivity contribution is 0.360. The van der Waals surface area contributed by atoms with Crippen molar-refractivity contribution in [3.8, 4) is 11.3 Å². The van der Waals surface area contributed by atoms with Gasteiger partial charge in [-0.2, -0.15) is 5.10 Å². The van der Waals surface area contributed by atoms with Crippen molar-refractivity contribution in [2.45, 2.75) is 39.3 Å². The Labute approximate surface area is 120 Å². The molecule has 104 valence electrons. The Bertz CT molecular complexity index is 627. The Morgan fingerprint density at radius 3 is 2.55 bits per heavy atom. The van der Waals surface area contributed by atoms with Crippen LogP contribution in [0.5, 0.6) is 0 Å². The number of hydrogen-bond donors (Lipinski definition) is 1. The summed E-state index contributed by atoms with van der Waals surface area (Å²) in [4.78, 5) is 0. The van der Waals surface area contributed by atoms with Crippen molar-refractivity contribution in [2.24, 2.45) is 5.73 Å². The lowest BCUT2D eigenvalue weighted by Gasteiger charge is -2.24. The van der Waals surface area contributed by atoms with Gasteiger partial charge in [-0.3, -0.25) is 4.68 Å². The molecule has 5 heteroatoms. The van der Waals surface area contributed by atoms with E-state index in [9.17, 15) is 4.39 Å². The van der Waals surface area contributed by atoms with Crippen LogP contribution in [0.1, 0.15) is 39.3 Å². The van der Waals surface area contributed by atoms with Gasteiger partial charge in [-0.1, -0.05) is 11.5 Å². The summed E-state index contributed by atoms with van der Waals surface area (Å²) < 4.78 is 15.4. The highest BCUT2D eigenvalue weighted by atomic mass is 19.1. The molecule has 0 unspecified atom stereocenters. The number of aromatic nitrogens is 2.